The van der Waals surface area contributed by atoms with Crippen molar-refractivity contribution in [1.82, 2.24) is 67.9 Å². The van der Waals surface area contributed by atoms with Crippen LogP contribution in [-0.2, 0) is 0 Å². The topological polar surface area (TPSA) is 609 Å². The summed E-state index contributed by atoms with van der Waals surface area (Å²) in [5, 5.41) is 63.5. The first-order valence-corrected chi connectivity index (χ1v) is 67.1. The van der Waals surface area contributed by atoms with Crippen LogP contribution in [0.1, 0.15) is 89.1 Å². The highest BCUT2D eigenvalue weighted by molar-refractivity contribution is 7.22. The Bertz CT molecular complexity index is 352. The van der Waals surface area contributed by atoms with Gasteiger partial charge in [0.05, 0.1) is 10.4 Å². The molecule has 68 heteroatoms. The second kappa shape index (κ2) is 457. The maximum Gasteiger partial charge on any atom is 0.222 e. The largest absolute Gasteiger partial charge is 0.358 e. The van der Waals surface area contributed by atoms with Crippen molar-refractivity contribution in [3.05, 3.63) is 0 Å². The van der Waals surface area contributed by atoms with Gasteiger partial charge in [-0.2, -0.15) is 155 Å². The zero-order chi connectivity index (χ0) is 48.5. The molecule has 1 aliphatic heterocycles. The number of halogens is 20. The van der Waals surface area contributed by atoms with E-state index >= 15 is 0 Å². The number of nitrogens with two attached hydrogens (primary N) is 13. The van der Waals surface area contributed by atoms with Gasteiger partial charge in [0.1, 0.15) is 0 Å². The summed E-state index contributed by atoms with van der Waals surface area (Å²) in [6, 6.07) is 0. The molecule has 0 aromatic carbocycles. The number of hydrogen-bond donors (Lipinski definition) is 26. The van der Waals surface area contributed by atoms with E-state index in [2.05, 4.69) is 42.6 Å². The third-order valence-electron chi connectivity index (χ3n) is 1.88. The molecular formula is C12H148Cl20N26Si22. The van der Waals surface area contributed by atoms with Crippen LogP contribution in [0, 0.1) is 0 Å². The summed E-state index contributed by atoms with van der Waals surface area (Å²) in [6.45, 7) is 0. The normalized spacial score (nSPS) is 8.89. The lowest BCUT2D eigenvalue weighted by atomic mass is 12.0. The minimum atomic E-state index is -0.639. The SMILES string of the molecule is C.C.C.C.C.C.C.C.C.C.C.C.Cl.Cl.Cl.Cl.Cl.Cl.Cl[SiH2]Cl.Cl[SiH2]Cl.Cl[SiH2]N[SiH2]Cl.Cl[SiH2]N[SiH2]Cl.N.N.N.N.N.N1[SiH2]N[SiH2]1.N[SiH2]Cl.N[SiH2]Cl.N[SiH2]Cl.N[SiH2]N.N[SiH2]N.N[SiH2]N[SiH2]Cl.N[SiH2]N[SiH2]Cl.N[SiH2]N[SiH2]Cl.N[SiH2]N[SiH2]N.N[SiH3]. The van der Waals surface area contributed by atoms with E-state index < -0.39 is 175 Å². The molecule has 0 aromatic heterocycles. The van der Waals surface area contributed by atoms with Crippen LogP contribution in [0.25, 0.3) is 0 Å². The van der Waals surface area contributed by atoms with Gasteiger partial charge < -0.3 is 138 Å². The van der Waals surface area contributed by atoms with Crippen LogP contribution in [0.15, 0.2) is 0 Å². The third kappa shape index (κ3) is 1010. The average molecular weight is 1980 g/mol. The fourth-order valence-corrected chi connectivity index (χ4v) is 12.1. The Morgan fingerprint density at radius 2 is 0.338 bits per heavy atom. The Balaban J connectivity index is -0.00000000697. The summed E-state index contributed by atoms with van der Waals surface area (Å²) < 4.78 is 24.1. The molecule has 0 aromatic rings. The van der Waals surface area contributed by atoms with Crippen LogP contribution in [0.4, 0.5) is 0 Å². The van der Waals surface area contributed by atoms with Gasteiger partial charge in [0.15, 0.2) is 178 Å². The molecule has 1 fully saturated rings. The lowest BCUT2D eigenvalue weighted by Gasteiger charge is -2.11. The predicted octanol–water partition coefficient (Wildman–Crippen LogP) is -11.4. The quantitative estimate of drug-likeness (QED) is 0.0637. The monoisotopic (exact) mass is 1970 g/mol. The molecule has 0 aliphatic carbocycles. The Kier molecular flexibility index (Phi) is 1450. The predicted molar refractivity (Wildman–Crippen MR) is 500 cm³/mol. The fraction of sp³-hybridized carbons (Fsp3) is 1.00. The number of rotatable bonds is 12. The Morgan fingerprint density at radius 1 is 0.263 bits per heavy atom. The van der Waals surface area contributed by atoms with Crippen molar-refractivity contribution in [2.45, 2.75) is 89.1 Å². The summed E-state index contributed by atoms with van der Waals surface area (Å²) >= 11 is 71.3. The lowest BCUT2D eigenvalue weighted by Crippen LogP contribution is -2.55. The molecule has 554 valence electrons. The number of nitrogens with one attached hydrogen (secondary N) is 8. The number of hydrogen-bond acceptors (Lipinski definition) is 26. The van der Waals surface area contributed by atoms with E-state index in [9.17, 15) is 0 Å². The van der Waals surface area contributed by atoms with E-state index in [1.807, 2.05) is 0 Å². The van der Waals surface area contributed by atoms with Crippen molar-refractivity contribution in [2.24, 2.45) is 70.2 Å². The van der Waals surface area contributed by atoms with Crippen molar-refractivity contribution in [3.63, 3.8) is 0 Å². The molecule has 1 rings (SSSR count). The van der Waals surface area contributed by atoms with Crippen molar-refractivity contribution in [3.8, 4) is 0 Å². The molecule has 0 radical (unpaired) electrons. The minimum Gasteiger partial charge on any atom is -0.358 e. The van der Waals surface area contributed by atoms with Crippen LogP contribution >= 0.6 is 230 Å². The van der Waals surface area contributed by atoms with E-state index in [-0.39, 0.29) is 214 Å². The van der Waals surface area contributed by atoms with Gasteiger partial charge in [-0.15, -0.1) is 74.4 Å². The van der Waals surface area contributed by atoms with Crippen molar-refractivity contribution in [1.29, 1.82) is 0 Å². The van der Waals surface area contributed by atoms with E-state index in [0.29, 0.717) is 0 Å². The zero-order valence-corrected chi connectivity index (χ0v) is 85.8. The van der Waals surface area contributed by atoms with Crippen LogP contribution in [0.3, 0.4) is 0 Å². The highest BCUT2D eigenvalue weighted by Crippen LogP contribution is 1.67. The maximum absolute atomic E-state index is 5.28. The molecule has 0 bridgehead atoms. The molecule has 0 unspecified atom stereocenters. The van der Waals surface area contributed by atoms with Gasteiger partial charge in [0.25, 0.3) is 0 Å². The van der Waals surface area contributed by atoms with E-state index in [4.69, 9.17) is 220 Å². The molecular weight excluding hydrogens is 1840 g/mol. The second-order valence-corrected chi connectivity index (χ2v) is 41.6. The maximum atomic E-state index is 5.28. The summed E-state index contributed by atoms with van der Waals surface area (Å²) in [5.74, 6) is 0. The van der Waals surface area contributed by atoms with Crippen molar-refractivity contribution >= 4 is 435 Å². The molecule has 0 saturated carbocycles. The van der Waals surface area contributed by atoms with Gasteiger partial charge >= 0.3 is 0 Å². The Hall–Kier alpha value is 9.53. The van der Waals surface area contributed by atoms with E-state index in [1.54, 1.807) is 0 Å². The summed E-state index contributed by atoms with van der Waals surface area (Å²) in [6.07, 6.45) is 0. The van der Waals surface area contributed by atoms with Crippen molar-refractivity contribution in [2.75, 3.05) is 0 Å². The second-order valence-electron chi connectivity index (χ2n) is 5.45. The average Bonchev–Trinajstić information content (AvgIpc) is 3.14. The summed E-state index contributed by atoms with van der Waals surface area (Å²) in [5.41, 5.74) is 0. The van der Waals surface area contributed by atoms with Crippen LogP contribution in [0.5, 0.6) is 0 Å². The van der Waals surface area contributed by atoms with Gasteiger partial charge in [0, 0.05) is 0 Å². The smallest absolute Gasteiger partial charge is 0.222 e. The first kappa shape index (κ1) is 254. The first-order valence-electron chi connectivity index (χ1n) is 14.9. The molecule has 1 aliphatic rings. The minimum absolute atomic E-state index is 0. The van der Waals surface area contributed by atoms with E-state index in [0.717, 1.165) is 10.4 Å². The molecule has 0 spiro atoms. The highest BCUT2D eigenvalue weighted by atomic mass is 35.7. The van der Waals surface area contributed by atoms with Crippen molar-refractivity contribution < 1.29 is 0 Å². The molecule has 1 saturated heterocycles. The van der Waals surface area contributed by atoms with E-state index in [1.165, 1.54) is 0 Å². The lowest BCUT2D eigenvalue weighted by molar-refractivity contribution is 1.28. The molecule has 80 heavy (non-hydrogen) atoms. The van der Waals surface area contributed by atoms with Gasteiger partial charge in [-0.1, -0.05) is 89.1 Å². The molecule has 26 nitrogen and oxygen atoms in total. The molecule has 0 atom stereocenters. The van der Waals surface area contributed by atoms with Gasteiger partial charge in [-0.05, 0) is 0 Å². The first-order chi connectivity index (χ1) is 27.4. The highest BCUT2D eigenvalue weighted by Gasteiger charge is 1.92. The third-order valence-corrected chi connectivity index (χ3v) is 28.9. The van der Waals surface area contributed by atoms with Crippen LogP contribution < -0.4 is 138 Å². The Labute approximate surface area is 653 Å². The summed E-state index contributed by atoms with van der Waals surface area (Å²) in [7, 11) is -8.17. The standard InChI is InChI=1S/12CH4.2Cl2H5NSi2.2Cl2H2Si.3ClH7N2Si2.3ClH4NSi.6ClH.H9N3Si2.H6N2Si2.2H6N2Si.H5NSi.5H3N/c;;;;;;;;;;;;2*1-4-3-5-2;2*1-3-2;3*1-4-3-5-2;3*1-3-2;;;;;;;1-4-3-5-2;1-3-2-4-1;2*1-3-2;1-2;;;;;/h12*1H4;2*3H,4-5H2;2*3H2;3*3H,2,4-5H2;3*2-3H2;6*1H;3H,1-2,4-5H2;1-2H,3-4H2;2*1-3H2;1H2,2H3;5*1H3. The van der Waals surface area contributed by atoms with Gasteiger partial charge in [-0.25, -0.2) is 0 Å². The van der Waals surface area contributed by atoms with Crippen LogP contribution in [0.2, 0.25) is 0 Å². The summed E-state index contributed by atoms with van der Waals surface area (Å²) in [4.78, 5) is 0. The zero-order valence-electron chi connectivity index (χ0n) is 38.6. The molecule has 0 amide bonds. The van der Waals surface area contributed by atoms with Gasteiger partial charge in [0.2, 0.25) is 16.3 Å². The Morgan fingerprint density at radius 3 is 0.338 bits per heavy atom. The van der Waals surface area contributed by atoms with Gasteiger partial charge in [-0.3, -0.25) is 0 Å². The molecule has 49 N–H and O–H groups in total. The molecule has 1 heterocycles. The fourth-order valence-electron chi connectivity index (χ4n) is 0.443. The van der Waals surface area contributed by atoms with Crippen LogP contribution in [-0.4, -0.2) is 205 Å².